The molecule has 1 aliphatic rings. The number of benzene rings is 1. The molecular formula is C17H26N2O4S. The van der Waals surface area contributed by atoms with E-state index in [-0.39, 0.29) is 30.0 Å². The second-order valence-electron chi connectivity index (χ2n) is 6.14. The molecule has 6 nitrogen and oxygen atoms in total. The summed E-state index contributed by atoms with van der Waals surface area (Å²) >= 11 is 0. The van der Waals surface area contributed by atoms with Crippen LogP contribution in [-0.4, -0.2) is 75.0 Å². The smallest absolute Gasteiger partial charge is 0.237 e. The fraction of sp³-hybridized carbons (Fsp3) is 0.588. The van der Waals surface area contributed by atoms with Gasteiger partial charge in [-0.1, -0.05) is 18.2 Å². The predicted octanol–water partition coefficient (Wildman–Crippen LogP) is 1.03. The summed E-state index contributed by atoms with van der Waals surface area (Å²) in [7, 11) is -1.12. The van der Waals surface area contributed by atoms with Crippen LogP contribution in [0.2, 0.25) is 0 Å². The van der Waals surface area contributed by atoms with Crippen LogP contribution in [0.4, 0.5) is 0 Å². The largest absolute Gasteiger partial charge is 0.492 e. The SMILES string of the molecule is CCN(C(=O)CN(C)CCOc1ccccc1)C1CCS(=O)(=O)C1. The van der Waals surface area contributed by atoms with Gasteiger partial charge in [-0.25, -0.2) is 8.42 Å². The molecule has 0 aromatic heterocycles. The Bertz CT molecular complexity index is 633. The minimum absolute atomic E-state index is 0.0261. The average molecular weight is 354 g/mol. The highest BCUT2D eigenvalue weighted by Gasteiger charge is 2.33. The van der Waals surface area contributed by atoms with Gasteiger partial charge in [0.15, 0.2) is 9.84 Å². The lowest BCUT2D eigenvalue weighted by molar-refractivity contribution is -0.133. The first-order valence-corrected chi connectivity index (χ1v) is 10.1. The van der Waals surface area contributed by atoms with Gasteiger partial charge in [0.05, 0.1) is 18.1 Å². The summed E-state index contributed by atoms with van der Waals surface area (Å²) in [6.07, 6.45) is 0.544. The monoisotopic (exact) mass is 354 g/mol. The van der Waals surface area contributed by atoms with Crippen LogP contribution in [0.15, 0.2) is 30.3 Å². The molecule has 0 aliphatic carbocycles. The van der Waals surface area contributed by atoms with Crippen LogP contribution >= 0.6 is 0 Å². The molecule has 7 heteroatoms. The van der Waals surface area contributed by atoms with Crippen LogP contribution in [0.25, 0.3) is 0 Å². The third-order valence-corrected chi connectivity index (χ3v) is 5.95. The molecule has 1 aromatic carbocycles. The number of carbonyl (C=O) groups excluding carboxylic acids is 1. The highest BCUT2D eigenvalue weighted by Crippen LogP contribution is 2.18. The highest BCUT2D eigenvalue weighted by molar-refractivity contribution is 7.91. The Kier molecular flexibility index (Phi) is 6.62. The third kappa shape index (κ3) is 5.49. The van der Waals surface area contributed by atoms with Crippen LogP contribution in [0.3, 0.4) is 0 Å². The molecule has 1 aliphatic heterocycles. The number of nitrogens with zero attached hydrogens (tertiary/aromatic N) is 2. The van der Waals surface area contributed by atoms with Gasteiger partial charge in [0.1, 0.15) is 12.4 Å². The predicted molar refractivity (Wildman–Crippen MR) is 93.9 cm³/mol. The minimum Gasteiger partial charge on any atom is -0.492 e. The molecule has 1 fully saturated rings. The standard InChI is InChI=1S/C17H26N2O4S/c1-3-19(15-9-12-24(21,22)14-15)17(20)13-18(2)10-11-23-16-7-5-4-6-8-16/h4-8,15H,3,9-14H2,1-2H3. The number of likely N-dealkylation sites (N-methyl/N-ethyl adjacent to an activating group) is 2. The van der Waals surface area contributed by atoms with Gasteiger partial charge in [0, 0.05) is 19.1 Å². The van der Waals surface area contributed by atoms with E-state index in [1.54, 1.807) is 4.90 Å². The maximum Gasteiger partial charge on any atom is 0.237 e. The average Bonchev–Trinajstić information content (AvgIpc) is 2.89. The van der Waals surface area contributed by atoms with E-state index in [1.807, 2.05) is 49.2 Å². The van der Waals surface area contributed by atoms with Gasteiger partial charge in [-0.3, -0.25) is 9.69 Å². The molecule has 24 heavy (non-hydrogen) atoms. The first kappa shape index (κ1) is 18.7. The molecule has 0 N–H and O–H groups in total. The van der Waals surface area contributed by atoms with Crippen molar-refractivity contribution in [1.82, 2.24) is 9.80 Å². The Hall–Kier alpha value is -1.60. The summed E-state index contributed by atoms with van der Waals surface area (Å²) in [6.45, 7) is 3.82. The zero-order valence-electron chi connectivity index (χ0n) is 14.3. The Morgan fingerprint density at radius 2 is 2.00 bits per heavy atom. The third-order valence-electron chi connectivity index (χ3n) is 4.20. The van der Waals surface area contributed by atoms with Crippen LogP contribution < -0.4 is 4.74 Å². The van der Waals surface area contributed by atoms with E-state index < -0.39 is 9.84 Å². The fourth-order valence-electron chi connectivity index (χ4n) is 2.90. The molecule has 1 atom stereocenters. The Morgan fingerprint density at radius 1 is 1.29 bits per heavy atom. The molecular weight excluding hydrogens is 328 g/mol. The van der Waals surface area contributed by atoms with Crippen molar-refractivity contribution in [3.8, 4) is 5.75 Å². The number of hydrogen-bond acceptors (Lipinski definition) is 5. The molecule has 0 bridgehead atoms. The summed E-state index contributed by atoms with van der Waals surface area (Å²) in [6, 6.07) is 9.37. The second kappa shape index (κ2) is 8.48. The van der Waals surface area contributed by atoms with Crippen molar-refractivity contribution < 1.29 is 17.9 Å². The summed E-state index contributed by atoms with van der Waals surface area (Å²) in [4.78, 5) is 16.1. The summed E-state index contributed by atoms with van der Waals surface area (Å²) in [5.41, 5.74) is 0. The zero-order chi connectivity index (χ0) is 17.6. The fourth-order valence-corrected chi connectivity index (χ4v) is 4.63. The van der Waals surface area contributed by atoms with Crippen molar-refractivity contribution in [2.24, 2.45) is 0 Å². The Labute approximate surface area is 144 Å². The number of rotatable bonds is 8. The quantitative estimate of drug-likeness (QED) is 0.698. The normalized spacial score (nSPS) is 19.4. The highest BCUT2D eigenvalue weighted by atomic mass is 32.2. The first-order valence-electron chi connectivity index (χ1n) is 8.27. The molecule has 1 amide bonds. The van der Waals surface area contributed by atoms with E-state index in [2.05, 4.69) is 0 Å². The Balaban J connectivity index is 1.77. The lowest BCUT2D eigenvalue weighted by Crippen LogP contribution is -2.46. The van der Waals surface area contributed by atoms with Crippen molar-refractivity contribution >= 4 is 15.7 Å². The molecule has 0 spiro atoms. The van der Waals surface area contributed by atoms with Crippen LogP contribution in [0, 0.1) is 0 Å². The van der Waals surface area contributed by atoms with Crippen LogP contribution in [0.1, 0.15) is 13.3 Å². The van der Waals surface area contributed by atoms with Gasteiger partial charge < -0.3 is 9.64 Å². The zero-order valence-corrected chi connectivity index (χ0v) is 15.2. The van der Waals surface area contributed by atoms with Gasteiger partial charge in [-0.05, 0) is 32.5 Å². The Morgan fingerprint density at radius 3 is 2.58 bits per heavy atom. The van der Waals surface area contributed by atoms with E-state index in [9.17, 15) is 13.2 Å². The molecule has 1 heterocycles. The van der Waals surface area contributed by atoms with E-state index in [0.717, 1.165) is 5.75 Å². The van der Waals surface area contributed by atoms with Gasteiger partial charge in [0.2, 0.25) is 5.91 Å². The molecule has 1 saturated heterocycles. The van der Waals surface area contributed by atoms with Crippen molar-refractivity contribution in [3.63, 3.8) is 0 Å². The van der Waals surface area contributed by atoms with Crippen molar-refractivity contribution in [3.05, 3.63) is 30.3 Å². The van der Waals surface area contributed by atoms with Crippen LogP contribution in [0.5, 0.6) is 5.75 Å². The number of amides is 1. The van der Waals surface area contributed by atoms with E-state index >= 15 is 0 Å². The number of carbonyl (C=O) groups is 1. The van der Waals surface area contributed by atoms with Crippen molar-refractivity contribution in [2.75, 3.05) is 44.8 Å². The molecule has 2 rings (SSSR count). The summed E-state index contributed by atoms with van der Waals surface area (Å²) < 4.78 is 28.9. The van der Waals surface area contributed by atoms with E-state index in [0.29, 0.717) is 26.1 Å². The maximum absolute atomic E-state index is 12.5. The van der Waals surface area contributed by atoms with Crippen molar-refractivity contribution in [1.29, 1.82) is 0 Å². The number of hydrogen-bond donors (Lipinski definition) is 0. The van der Waals surface area contributed by atoms with Gasteiger partial charge in [-0.15, -0.1) is 0 Å². The first-order chi connectivity index (χ1) is 11.4. The topological polar surface area (TPSA) is 66.9 Å². The maximum atomic E-state index is 12.5. The van der Waals surface area contributed by atoms with Gasteiger partial charge in [-0.2, -0.15) is 0 Å². The molecule has 0 radical (unpaired) electrons. The number of sulfone groups is 1. The number of ether oxygens (including phenoxy) is 1. The number of para-hydroxylation sites is 1. The lowest BCUT2D eigenvalue weighted by Gasteiger charge is -2.29. The lowest BCUT2D eigenvalue weighted by atomic mass is 10.2. The van der Waals surface area contributed by atoms with Crippen molar-refractivity contribution in [2.45, 2.75) is 19.4 Å². The summed E-state index contributed by atoms with van der Waals surface area (Å²) in [5, 5.41) is 0. The molecule has 1 aromatic rings. The van der Waals surface area contributed by atoms with E-state index in [1.165, 1.54) is 0 Å². The molecule has 1 unspecified atom stereocenters. The molecule has 0 saturated carbocycles. The van der Waals surface area contributed by atoms with E-state index in [4.69, 9.17) is 4.74 Å². The second-order valence-corrected chi connectivity index (χ2v) is 8.36. The summed E-state index contributed by atoms with van der Waals surface area (Å²) in [5.74, 6) is 1.06. The van der Waals surface area contributed by atoms with Crippen LogP contribution in [-0.2, 0) is 14.6 Å². The van der Waals surface area contributed by atoms with Gasteiger partial charge >= 0.3 is 0 Å². The molecule has 134 valence electrons. The minimum atomic E-state index is -2.98. The van der Waals surface area contributed by atoms with Gasteiger partial charge in [0.25, 0.3) is 0 Å².